The minimum absolute atomic E-state index is 0.103. The molecule has 1 fully saturated rings. The Morgan fingerprint density at radius 2 is 1.89 bits per heavy atom. The summed E-state index contributed by atoms with van der Waals surface area (Å²) < 4.78 is 1.46. The van der Waals surface area contributed by atoms with Crippen LogP contribution < -0.4 is 5.56 Å². The van der Waals surface area contributed by atoms with Crippen molar-refractivity contribution in [3.63, 3.8) is 0 Å². The third-order valence-electron chi connectivity index (χ3n) is 6.10. The lowest BCUT2D eigenvalue weighted by Gasteiger charge is -2.40. The van der Waals surface area contributed by atoms with Gasteiger partial charge in [0.2, 0.25) is 0 Å². The van der Waals surface area contributed by atoms with Crippen molar-refractivity contribution in [3.05, 3.63) is 69.9 Å². The summed E-state index contributed by atoms with van der Waals surface area (Å²) in [6, 6.07) is 9.19. The number of likely N-dealkylation sites (tertiary alicyclic amines) is 1. The van der Waals surface area contributed by atoms with Crippen molar-refractivity contribution in [1.29, 1.82) is 0 Å². The summed E-state index contributed by atoms with van der Waals surface area (Å²) in [7, 11) is 0. The highest BCUT2D eigenvalue weighted by molar-refractivity contribution is 6.00. The Balaban J connectivity index is 1.27. The van der Waals surface area contributed by atoms with Crippen LogP contribution in [0.3, 0.4) is 0 Å². The Labute approximate surface area is 162 Å². The number of nitrogens with one attached hydrogen (secondary N) is 1. The topological polar surface area (TPSA) is 73.7 Å². The van der Waals surface area contributed by atoms with Crippen molar-refractivity contribution >= 4 is 11.4 Å². The van der Waals surface area contributed by atoms with Crippen LogP contribution in [0.5, 0.6) is 0 Å². The van der Waals surface area contributed by atoms with E-state index >= 15 is 0 Å². The summed E-state index contributed by atoms with van der Waals surface area (Å²) in [5.41, 5.74) is 3.31. The van der Waals surface area contributed by atoms with Crippen LogP contribution in [-0.4, -0.2) is 56.0 Å². The molecule has 0 saturated carbocycles. The number of H-pyrrole nitrogens is 1. The van der Waals surface area contributed by atoms with Gasteiger partial charge in [-0.15, -0.1) is 0 Å². The van der Waals surface area contributed by atoms with Crippen molar-refractivity contribution in [2.24, 2.45) is 0 Å². The first kappa shape index (κ1) is 17.2. The van der Waals surface area contributed by atoms with Gasteiger partial charge in [-0.25, -0.2) is 4.52 Å². The molecule has 0 radical (unpaired) electrons. The summed E-state index contributed by atoms with van der Waals surface area (Å²) in [4.78, 5) is 32.1. The summed E-state index contributed by atoms with van der Waals surface area (Å²) in [6.07, 6.45) is 7.70. The number of hydrogen-bond donors (Lipinski definition) is 1. The molecule has 0 bridgehead atoms. The van der Waals surface area contributed by atoms with Crippen molar-refractivity contribution in [2.45, 2.75) is 31.8 Å². The Morgan fingerprint density at radius 3 is 2.71 bits per heavy atom. The summed E-state index contributed by atoms with van der Waals surface area (Å²) in [6.45, 7) is 3.50. The van der Waals surface area contributed by atoms with E-state index in [1.165, 1.54) is 28.0 Å². The highest BCUT2D eigenvalue weighted by atomic mass is 16.2. The number of fused-ring (bicyclic) bond motifs is 2. The molecule has 2 aliphatic heterocycles. The molecule has 2 aliphatic rings. The van der Waals surface area contributed by atoms with Gasteiger partial charge in [0.25, 0.3) is 11.5 Å². The van der Waals surface area contributed by atoms with Crippen molar-refractivity contribution in [3.8, 4) is 0 Å². The molecule has 1 aromatic carbocycles. The van der Waals surface area contributed by atoms with Crippen LogP contribution in [0.25, 0.3) is 5.52 Å². The molecule has 0 unspecified atom stereocenters. The summed E-state index contributed by atoms with van der Waals surface area (Å²) >= 11 is 0. The molecule has 2 aromatic heterocycles. The number of carbonyl (C=O) groups excluding carboxylic acids is 1. The normalized spacial score (nSPS) is 18.4. The van der Waals surface area contributed by atoms with E-state index in [0.29, 0.717) is 30.2 Å². The highest BCUT2D eigenvalue weighted by Crippen LogP contribution is 2.25. The third-order valence-corrected chi connectivity index (χ3v) is 6.10. The largest absolute Gasteiger partial charge is 0.338 e. The quantitative estimate of drug-likeness (QED) is 0.738. The van der Waals surface area contributed by atoms with Crippen LogP contribution in [0.4, 0.5) is 0 Å². The van der Waals surface area contributed by atoms with E-state index in [0.717, 1.165) is 32.4 Å². The molecule has 5 rings (SSSR count). The molecule has 1 amide bonds. The van der Waals surface area contributed by atoms with Crippen LogP contribution in [0, 0.1) is 0 Å². The molecule has 3 aromatic rings. The Hall–Kier alpha value is -2.93. The van der Waals surface area contributed by atoms with Crippen LogP contribution >= 0.6 is 0 Å². The number of rotatable bonds is 2. The van der Waals surface area contributed by atoms with Crippen LogP contribution in [0.15, 0.2) is 47.7 Å². The first-order valence-electron chi connectivity index (χ1n) is 9.86. The second-order valence-corrected chi connectivity index (χ2v) is 7.65. The van der Waals surface area contributed by atoms with Crippen LogP contribution in [-0.2, 0) is 13.0 Å². The van der Waals surface area contributed by atoms with Gasteiger partial charge in [0.15, 0.2) is 0 Å². The van der Waals surface area contributed by atoms with Gasteiger partial charge in [-0.05, 0) is 30.4 Å². The molecule has 7 heteroatoms. The average molecular weight is 377 g/mol. The lowest BCUT2D eigenvalue weighted by Crippen LogP contribution is -2.48. The fraction of sp³-hybridized carbons (Fsp3) is 0.381. The number of nitrogens with zero attached hydrogens (tertiary/aromatic N) is 4. The lowest BCUT2D eigenvalue weighted by atomic mass is 9.95. The molecule has 4 heterocycles. The maximum absolute atomic E-state index is 13.0. The van der Waals surface area contributed by atoms with E-state index in [9.17, 15) is 9.59 Å². The van der Waals surface area contributed by atoms with E-state index in [-0.39, 0.29) is 11.5 Å². The molecular weight excluding hydrogens is 354 g/mol. The predicted octanol–water partition coefficient (Wildman–Crippen LogP) is 1.69. The molecule has 7 nitrogen and oxygen atoms in total. The van der Waals surface area contributed by atoms with E-state index in [4.69, 9.17) is 0 Å². The molecular formula is C21H23N5O2. The number of amides is 1. The zero-order valence-corrected chi connectivity index (χ0v) is 15.7. The molecule has 144 valence electrons. The van der Waals surface area contributed by atoms with Gasteiger partial charge in [0.05, 0.1) is 11.8 Å². The number of aromatic amines is 1. The van der Waals surface area contributed by atoms with Gasteiger partial charge in [0.1, 0.15) is 5.52 Å². The molecule has 0 atom stereocenters. The van der Waals surface area contributed by atoms with E-state index < -0.39 is 0 Å². The number of hydrogen-bond acceptors (Lipinski definition) is 4. The van der Waals surface area contributed by atoms with Crippen molar-refractivity contribution < 1.29 is 4.79 Å². The smallest absolute Gasteiger partial charge is 0.274 e. The summed E-state index contributed by atoms with van der Waals surface area (Å²) in [5, 5.41) is 4.15. The Morgan fingerprint density at radius 1 is 1.11 bits per heavy atom. The van der Waals surface area contributed by atoms with E-state index in [1.54, 1.807) is 6.20 Å². The lowest BCUT2D eigenvalue weighted by molar-refractivity contribution is 0.0601. The minimum Gasteiger partial charge on any atom is -0.338 e. The average Bonchev–Trinajstić information content (AvgIpc) is 3.18. The van der Waals surface area contributed by atoms with E-state index in [2.05, 4.69) is 39.2 Å². The number of piperidine rings is 1. The van der Waals surface area contributed by atoms with Gasteiger partial charge < -0.3 is 9.88 Å². The maximum atomic E-state index is 13.0. The minimum atomic E-state index is -0.287. The Bertz CT molecular complexity index is 1080. The second kappa shape index (κ2) is 6.91. The van der Waals surface area contributed by atoms with Crippen molar-refractivity contribution in [1.82, 2.24) is 24.4 Å². The molecule has 1 saturated heterocycles. The highest BCUT2D eigenvalue weighted by Gasteiger charge is 2.30. The number of benzene rings is 1. The van der Waals surface area contributed by atoms with Gasteiger partial charge in [-0.2, -0.15) is 5.10 Å². The second-order valence-electron chi connectivity index (χ2n) is 7.65. The predicted molar refractivity (Wildman–Crippen MR) is 105 cm³/mol. The van der Waals surface area contributed by atoms with Gasteiger partial charge in [-0.3, -0.25) is 14.5 Å². The van der Waals surface area contributed by atoms with E-state index in [1.807, 2.05) is 4.90 Å². The van der Waals surface area contributed by atoms with Gasteiger partial charge in [0, 0.05) is 44.6 Å². The fourth-order valence-electron chi connectivity index (χ4n) is 4.54. The molecule has 0 spiro atoms. The maximum Gasteiger partial charge on any atom is 0.274 e. The SMILES string of the molecule is O=C(c1cnn2cc[nH]c(=O)c12)N1CCC(N2CCc3ccccc3C2)CC1. The van der Waals surface area contributed by atoms with Crippen molar-refractivity contribution in [2.75, 3.05) is 19.6 Å². The zero-order chi connectivity index (χ0) is 19.1. The van der Waals surface area contributed by atoms with Gasteiger partial charge in [-0.1, -0.05) is 24.3 Å². The zero-order valence-electron chi connectivity index (χ0n) is 15.7. The molecule has 28 heavy (non-hydrogen) atoms. The molecule has 1 N–H and O–H groups in total. The number of carbonyl (C=O) groups is 1. The monoisotopic (exact) mass is 377 g/mol. The molecule has 0 aliphatic carbocycles. The first-order chi connectivity index (χ1) is 13.7. The van der Waals surface area contributed by atoms with Crippen LogP contribution in [0.2, 0.25) is 0 Å². The fourth-order valence-corrected chi connectivity index (χ4v) is 4.54. The van der Waals surface area contributed by atoms with Gasteiger partial charge >= 0.3 is 0 Å². The number of aromatic nitrogens is 3. The first-order valence-corrected chi connectivity index (χ1v) is 9.86. The Kier molecular flexibility index (Phi) is 4.24. The summed E-state index contributed by atoms with van der Waals surface area (Å²) in [5.74, 6) is -0.103. The standard InChI is InChI=1S/C21H23N5O2/c27-20-19-18(13-23-26(19)12-8-22-20)21(28)24-10-6-17(7-11-24)25-9-5-15-3-1-2-4-16(15)14-25/h1-4,8,12-13,17H,5-7,9-11,14H2,(H,22,27). The van der Waals surface area contributed by atoms with Crippen LogP contribution in [0.1, 0.15) is 34.3 Å². The third kappa shape index (κ3) is 2.92.